The smallest absolute Gasteiger partial charge is 0.327 e. The van der Waals surface area contributed by atoms with Gasteiger partial charge in [0.25, 0.3) is 0 Å². The first-order chi connectivity index (χ1) is 6.91. The van der Waals surface area contributed by atoms with Crippen LogP contribution in [0.3, 0.4) is 0 Å². The summed E-state index contributed by atoms with van der Waals surface area (Å²) in [5.41, 5.74) is 5.37. The quantitative estimate of drug-likeness (QED) is 0.681. The molecule has 1 saturated carbocycles. The zero-order valence-electron chi connectivity index (χ0n) is 10.1. The van der Waals surface area contributed by atoms with Crippen molar-refractivity contribution in [1.82, 2.24) is 4.90 Å². The number of nitrogens with zero attached hydrogens (tertiary/aromatic N) is 1. The van der Waals surface area contributed by atoms with Gasteiger partial charge in [-0.1, -0.05) is 0 Å². The lowest BCUT2D eigenvalue weighted by atomic mass is 9.93. The van der Waals surface area contributed by atoms with E-state index < -0.39 is 5.54 Å². The van der Waals surface area contributed by atoms with E-state index in [1.54, 1.807) is 0 Å². The summed E-state index contributed by atoms with van der Waals surface area (Å²) in [6, 6.07) is 0.385. The molecule has 88 valence electrons. The molecule has 0 amide bonds. The summed E-state index contributed by atoms with van der Waals surface area (Å²) < 4.78 is 4.81. The Balaban J connectivity index is 2.69. The van der Waals surface area contributed by atoms with Gasteiger partial charge in [0.05, 0.1) is 7.11 Å². The van der Waals surface area contributed by atoms with Crippen LogP contribution in [0.4, 0.5) is 0 Å². The van der Waals surface area contributed by atoms with E-state index in [9.17, 15) is 4.79 Å². The van der Waals surface area contributed by atoms with Crippen LogP contribution in [0, 0.1) is 5.92 Å². The molecule has 1 fully saturated rings. The van der Waals surface area contributed by atoms with E-state index in [-0.39, 0.29) is 5.97 Å². The third-order valence-corrected chi connectivity index (χ3v) is 3.26. The summed E-state index contributed by atoms with van der Waals surface area (Å²) in [6.07, 6.45) is 2.08. The van der Waals surface area contributed by atoms with Crippen molar-refractivity contribution < 1.29 is 9.53 Å². The van der Waals surface area contributed by atoms with Crippen molar-refractivity contribution >= 4 is 5.97 Å². The van der Waals surface area contributed by atoms with Crippen LogP contribution in [0.15, 0.2) is 0 Å². The molecule has 0 heterocycles. The van der Waals surface area contributed by atoms with Crippen molar-refractivity contribution in [2.45, 2.75) is 38.3 Å². The number of nitrogens with two attached hydrogens (primary N) is 1. The standard InChI is InChI=1S/C11H22N2O2/c1-8(2)13(3)7-11(12,9-5-6-9)10(14)15-4/h8-9H,5-7,12H2,1-4H3. The number of carbonyl (C=O) groups excluding carboxylic acids is 1. The van der Waals surface area contributed by atoms with Crippen molar-refractivity contribution in [3.05, 3.63) is 0 Å². The van der Waals surface area contributed by atoms with E-state index in [2.05, 4.69) is 18.7 Å². The molecule has 2 N–H and O–H groups in total. The molecule has 0 aromatic heterocycles. The molecule has 0 aliphatic heterocycles. The zero-order valence-corrected chi connectivity index (χ0v) is 10.1. The Kier molecular flexibility index (Phi) is 3.73. The molecular weight excluding hydrogens is 192 g/mol. The summed E-state index contributed by atoms with van der Waals surface area (Å²) in [5, 5.41) is 0. The van der Waals surface area contributed by atoms with Gasteiger partial charge in [0.1, 0.15) is 5.54 Å². The Morgan fingerprint density at radius 3 is 2.47 bits per heavy atom. The molecule has 0 radical (unpaired) electrons. The summed E-state index contributed by atoms with van der Waals surface area (Å²) in [6.45, 7) is 4.75. The molecule has 0 aromatic rings. The maximum Gasteiger partial charge on any atom is 0.327 e. The van der Waals surface area contributed by atoms with Gasteiger partial charge in [0.2, 0.25) is 0 Å². The Labute approximate surface area is 91.8 Å². The van der Waals surface area contributed by atoms with Gasteiger partial charge < -0.3 is 15.4 Å². The predicted molar refractivity (Wildman–Crippen MR) is 59.4 cm³/mol. The largest absolute Gasteiger partial charge is 0.468 e. The molecule has 1 unspecified atom stereocenters. The van der Waals surface area contributed by atoms with Crippen LogP contribution in [-0.2, 0) is 9.53 Å². The zero-order chi connectivity index (χ0) is 11.6. The molecule has 0 spiro atoms. The van der Waals surface area contributed by atoms with Gasteiger partial charge in [-0.2, -0.15) is 0 Å². The third kappa shape index (κ3) is 2.69. The van der Waals surface area contributed by atoms with Crippen LogP contribution in [0.25, 0.3) is 0 Å². The highest BCUT2D eigenvalue weighted by Gasteiger charge is 2.49. The molecule has 1 aliphatic rings. The van der Waals surface area contributed by atoms with Gasteiger partial charge in [0.15, 0.2) is 0 Å². The van der Waals surface area contributed by atoms with Crippen LogP contribution in [0.1, 0.15) is 26.7 Å². The van der Waals surface area contributed by atoms with Gasteiger partial charge in [-0.15, -0.1) is 0 Å². The highest BCUT2D eigenvalue weighted by atomic mass is 16.5. The van der Waals surface area contributed by atoms with Crippen LogP contribution in [-0.4, -0.2) is 43.2 Å². The maximum atomic E-state index is 11.7. The normalized spacial score (nSPS) is 20.5. The first-order valence-corrected chi connectivity index (χ1v) is 5.49. The molecule has 1 atom stereocenters. The summed E-state index contributed by atoms with van der Waals surface area (Å²) in [5.74, 6) is 0.0173. The molecule has 4 heteroatoms. The number of rotatable bonds is 5. The van der Waals surface area contributed by atoms with Crippen molar-refractivity contribution in [2.75, 3.05) is 20.7 Å². The predicted octanol–water partition coefficient (Wildman–Crippen LogP) is 0.607. The van der Waals surface area contributed by atoms with Crippen molar-refractivity contribution in [2.24, 2.45) is 11.7 Å². The minimum absolute atomic E-state index is 0.280. The summed E-state index contributed by atoms with van der Waals surface area (Å²) >= 11 is 0. The van der Waals surface area contributed by atoms with Gasteiger partial charge in [-0.3, -0.25) is 4.79 Å². The van der Waals surface area contributed by atoms with Crippen molar-refractivity contribution in [3.8, 4) is 0 Å². The van der Waals surface area contributed by atoms with Crippen molar-refractivity contribution in [1.29, 1.82) is 0 Å². The van der Waals surface area contributed by atoms with E-state index in [0.717, 1.165) is 12.8 Å². The number of methoxy groups -OCH3 is 1. The second-order valence-corrected chi connectivity index (χ2v) is 4.82. The minimum Gasteiger partial charge on any atom is -0.468 e. The Morgan fingerprint density at radius 2 is 2.13 bits per heavy atom. The third-order valence-electron chi connectivity index (χ3n) is 3.26. The molecular formula is C11H22N2O2. The Morgan fingerprint density at radius 1 is 1.60 bits per heavy atom. The number of carbonyl (C=O) groups is 1. The lowest BCUT2D eigenvalue weighted by Gasteiger charge is -2.33. The van der Waals surface area contributed by atoms with E-state index in [1.165, 1.54) is 7.11 Å². The fourth-order valence-electron chi connectivity index (χ4n) is 1.74. The SMILES string of the molecule is COC(=O)C(N)(CN(C)C(C)C)C1CC1. The second kappa shape index (κ2) is 4.49. The lowest BCUT2D eigenvalue weighted by molar-refractivity contribution is -0.148. The minimum atomic E-state index is -0.812. The van der Waals surface area contributed by atoms with E-state index >= 15 is 0 Å². The number of ether oxygens (including phenoxy) is 1. The number of likely N-dealkylation sites (N-methyl/N-ethyl adjacent to an activating group) is 1. The molecule has 1 rings (SSSR count). The Hall–Kier alpha value is -0.610. The van der Waals surface area contributed by atoms with Crippen molar-refractivity contribution in [3.63, 3.8) is 0 Å². The van der Waals surface area contributed by atoms with Crippen LogP contribution >= 0.6 is 0 Å². The highest BCUT2D eigenvalue weighted by molar-refractivity contribution is 5.81. The first kappa shape index (κ1) is 12.5. The fourth-order valence-corrected chi connectivity index (χ4v) is 1.74. The van der Waals surface area contributed by atoms with E-state index in [0.29, 0.717) is 18.5 Å². The van der Waals surface area contributed by atoms with E-state index in [4.69, 9.17) is 10.5 Å². The molecule has 0 bridgehead atoms. The average molecular weight is 214 g/mol. The van der Waals surface area contributed by atoms with Crippen LogP contribution in [0.5, 0.6) is 0 Å². The first-order valence-electron chi connectivity index (χ1n) is 5.49. The van der Waals surface area contributed by atoms with Gasteiger partial charge >= 0.3 is 5.97 Å². The number of hydrogen-bond acceptors (Lipinski definition) is 4. The molecule has 1 aliphatic carbocycles. The Bertz CT molecular complexity index is 239. The molecule has 4 nitrogen and oxygen atoms in total. The van der Waals surface area contributed by atoms with Gasteiger partial charge in [-0.25, -0.2) is 0 Å². The summed E-state index contributed by atoms with van der Waals surface area (Å²) in [7, 11) is 3.39. The van der Waals surface area contributed by atoms with E-state index in [1.807, 2.05) is 7.05 Å². The lowest BCUT2D eigenvalue weighted by Crippen LogP contribution is -2.58. The van der Waals surface area contributed by atoms with Gasteiger partial charge in [-0.05, 0) is 39.7 Å². The fraction of sp³-hybridized carbons (Fsp3) is 0.909. The highest BCUT2D eigenvalue weighted by Crippen LogP contribution is 2.39. The van der Waals surface area contributed by atoms with Crippen LogP contribution in [0.2, 0.25) is 0 Å². The number of esters is 1. The maximum absolute atomic E-state index is 11.7. The summed E-state index contributed by atoms with van der Waals surface area (Å²) in [4.78, 5) is 13.8. The molecule has 0 aromatic carbocycles. The monoisotopic (exact) mass is 214 g/mol. The average Bonchev–Trinajstić information content (AvgIpc) is 2.99. The van der Waals surface area contributed by atoms with Gasteiger partial charge in [0, 0.05) is 12.6 Å². The number of hydrogen-bond donors (Lipinski definition) is 1. The second-order valence-electron chi connectivity index (χ2n) is 4.82. The molecule has 15 heavy (non-hydrogen) atoms. The molecule has 0 saturated heterocycles. The van der Waals surface area contributed by atoms with Crippen LogP contribution < -0.4 is 5.73 Å². The topological polar surface area (TPSA) is 55.6 Å².